The third-order valence-corrected chi connectivity index (χ3v) is 9.18. The van der Waals surface area contributed by atoms with Crippen LogP contribution in [0.25, 0.3) is 11.1 Å². The molecule has 1 saturated heterocycles. The Balaban J connectivity index is 1.70. The maximum absolute atomic E-state index is 15.7. The Morgan fingerprint density at radius 2 is 1.67 bits per heavy atom. The van der Waals surface area contributed by atoms with Gasteiger partial charge in [0, 0.05) is 51.3 Å². The average molecular weight is 657 g/mol. The van der Waals surface area contributed by atoms with Crippen molar-refractivity contribution in [1.29, 1.82) is 0 Å². The van der Waals surface area contributed by atoms with Crippen molar-refractivity contribution in [3.8, 4) is 11.1 Å². The predicted octanol–water partition coefficient (Wildman–Crippen LogP) is 7.05. The second-order valence-corrected chi connectivity index (χ2v) is 13.4. The molecule has 1 aliphatic heterocycles. The van der Waals surface area contributed by atoms with E-state index in [0.29, 0.717) is 35.1 Å². The van der Waals surface area contributed by atoms with Gasteiger partial charge in [0.2, 0.25) is 0 Å². The van der Waals surface area contributed by atoms with E-state index in [9.17, 15) is 23.9 Å². The van der Waals surface area contributed by atoms with Crippen LogP contribution in [-0.4, -0.2) is 59.2 Å². The molecule has 1 aromatic heterocycles. The number of carbonyl (C=O) groups is 2. The third-order valence-electron chi connectivity index (χ3n) is 8.90. The molecule has 10 heteroatoms. The fourth-order valence-corrected chi connectivity index (χ4v) is 6.70. The van der Waals surface area contributed by atoms with E-state index in [1.54, 1.807) is 27.2 Å². The highest BCUT2D eigenvalue weighted by atomic mass is 35.5. The maximum Gasteiger partial charge on any atom is 0.303 e. The SMILES string of the molecule is COC1CN(CCc2cn(C(CC(C)C)C(=O)C[C@@H](CC(=O)O)c3cc(-c4c(C)cc(F)cc4C)cc(Cl)c3F)c(=O)cc2C)C1. The highest BCUT2D eigenvalue weighted by Crippen LogP contribution is 2.38. The monoisotopic (exact) mass is 656 g/mol. The van der Waals surface area contributed by atoms with Crippen molar-refractivity contribution in [2.75, 3.05) is 26.7 Å². The van der Waals surface area contributed by atoms with E-state index < -0.39 is 36.0 Å². The number of benzene rings is 2. The number of methoxy groups -OCH3 is 1. The Morgan fingerprint density at radius 1 is 1.02 bits per heavy atom. The molecule has 248 valence electrons. The molecule has 0 radical (unpaired) electrons. The maximum atomic E-state index is 15.7. The standard InChI is InChI=1S/C36H43ClF2N2O5/c1-20(2)9-31(41-17-24(21(3)12-33(41)43)7-8-40-18-28(19-40)46-6)32(42)15-25(16-34(44)45)29-13-26(14-30(37)36(29)39)35-22(4)10-27(38)11-23(35)5/h10-14,17,20,25,28,31H,7-9,15-16,18-19H2,1-6H3,(H,44,45)/t25-,31?/m0/s1. The van der Waals surface area contributed by atoms with Crippen molar-refractivity contribution >= 4 is 23.4 Å². The number of hydrogen-bond acceptors (Lipinski definition) is 5. The summed E-state index contributed by atoms with van der Waals surface area (Å²) in [6, 6.07) is 6.33. The second kappa shape index (κ2) is 15.0. The first-order valence-corrected chi connectivity index (χ1v) is 16.0. The first-order valence-electron chi connectivity index (χ1n) is 15.7. The molecule has 0 amide bonds. The number of aliphatic carboxylic acids is 1. The number of likely N-dealkylation sites (tertiary alicyclic amines) is 1. The molecule has 2 aromatic carbocycles. The molecular weight excluding hydrogens is 614 g/mol. The number of ketones is 1. The lowest BCUT2D eigenvalue weighted by atomic mass is 9.84. The average Bonchev–Trinajstić information content (AvgIpc) is 2.92. The summed E-state index contributed by atoms with van der Waals surface area (Å²) in [6.45, 7) is 11.7. The van der Waals surface area contributed by atoms with Gasteiger partial charge in [-0.25, -0.2) is 8.78 Å². The van der Waals surface area contributed by atoms with Gasteiger partial charge in [-0.05, 0) is 103 Å². The first-order chi connectivity index (χ1) is 21.7. The van der Waals surface area contributed by atoms with Crippen molar-refractivity contribution in [1.82, 2.24) is 9.47 Å². The third kappa shape index (κ3) is 8.30. The number of halogens is 3. The van der Waals surface area contributed by atoms with Gasteiger partial charge in [-0.3, -0.25) is 19.3 Å². The van der Waals surface area contributed by atoms with Gasteiger partial charge in [-0.1, -0.05) is 25.4 Å². The van der Waals surface area contributed by atoms with Crippen LogP contribution in [0.4, 0.5) is 8.78 Å². The van der Waals surface area contributed by atoms with Gasteiger partial charge in [0.1, 0.15) is 11.6 Å². The van der Waals surface area contributed by atoms with Crippen LogP contribution in [0.1, 0.15) is 72.9 Å². The smallest absolute Gasteiger partial charge is 0.303 e. The normalized spacial score (nSPS) is 15.2. The van der Waals surface area contributed by atoms with E-state index in [2.05, 4.69) is 4.90 Å². The van der Waals surface area contributed by atoms with Crippen molar-refractivity contribution in [3.05, 3.63) is 91.4 Å². The van der Waals surface area contributed by atoms with Gasteiger partial charge < -0.3 is 14.4 Å². The largest absolute Gasteiger partial charge is 0.481 e. The summed E-state index contributed by atoms with van der Waals surface area (Å²) in [6.07, 6.45) is 2.17. The summed E-state index contributed by atoms with van der Waals surface area (Å²) in [5.74, 6) is -3.80. The van der Waals surface area contributed by atoms with Crippen LogP contribution >= 0.6 is 11.6 Å². The summed E-state index contributed by atoms with van der Waals surface area (Å²) in [7, 11) is 1.70. The van der Waals surface area contributed by atoms with Crippen LogP contribution in [0.2, 0.25) is 5.02 Å². The predicted molar refractivity (Wildman–Crippen MR) is 176 cm³/mol. The molecule has 4 rings (SSSR count). The molecule has 1 fully saturated rings. The van der Waals surface area contributed by atoms with Crippen molar-refractivity contribution in [2.45, 2.75) is 78.4 Å². The van der Waals surface area contributed by atoms with E-state index in [1.807, 2.05) is 20.8 Å². The number of nitrogens with zero attached hydrogens (tertiary/aromatic N) is 2. The Morgan fingerprint density at radius 3 is 2.26 bits per heavy atom. The van der Waals surface area contributed by atoms with Crippen LogP contribution in [0.3, 0.4) is 0 Å². The molecule has 0 saturated carbocycles. The first kappa shape index (κ1) is 35.5. The number of hydrogen-bond donors (Lipinski definition) is 1. The highest BCUT2D eigenvalue weighted by molar-refractivity contribution is 6.31. The number of pyridine rings is 1. The Hall–Kier alpha value is -3.40. The van der Waals surface area contributed by atoms with E-state index in [4.69, 9.17) is 16.3 Å². The van der Waals surface area contributed by atoms with Crippen LogP contribution in [0.15, 0.2) is 41.3 Å². The van der Waals surface area contributed by atoms with E-state index in [-0.39, 0.29) is 40.4 Å². The lowest BCUT2D eigenvalue weighted by Crippen LogP contribution is -2.52. The van der Waals surface area contributed by atoms with Crippen molar-refractivity contribution in [2.24, 2.45) is 5.92 Å². The highest BCUT2D eigenvalue weighted by Gasteiger charge is 2.31. The lowest BCUT2D eigenvalue weighted by Gasteiger charge is -2.38. The number of aryl methyl sites for hydroxylation is 3. The molecular formula is C36H43ClF2N2O5. The van der Waals surface area contributed by atoms with E-state index in [0.717, 1.165) is 30.8 Å². The zero-order valence-electron chi connectivity index (χ0n) is 27.3. The van der Waals surface area contributed by atoms with Crippen LogP contribution in [0, 0.1) is 38.3 Å². The van der Waals surface area contributed by atoms with Gasteiger partial charge in [-0.15, -0.1) is 0 Å². The zero-order valence-corrected chi connectivity index (χ0v) is 28.1. The Labute approximate surface area is 274 Å². The number of carbonyl (C=O) groups excluding carboxylic acids is 1. The van der Waals surface area contributed by atoms with E-state index >= 15 is 4.39 Å². The minimum atomic E-state index is -1.20. The Bertz CT molecular complexity index is 1640. The molecule has 0 aliphatic carbocycles. The summed E-state index contributed by atoms with van der Waals surface area (Å²) < 4.78 is 36.5. The molecule has 46 heavy (non-hydrogen) atoms. The molecule has 7 nitrogen and oxygen atoms in total. The molecule has 2 heterocycles. The minimum Gasteiger partial charge on any atom is -0.481 e. The van der Waals surface area contributed by atoms with Crippen molar-refractivity contribution in [3.63, 3.8) is 0 Å². The molecule has 0 bridgehead atoms. The molecule has 3 aromatic rings. The van der Waals surface area contributed by atoms with Gasteiger partial charge in [-0.2, -0.15) is 0 Å². The van der Waals surface area contributed by atoms with Crippen LogP contribution < -0.4 is 5.56 Å². The number of carboxylic acids is 1. The lowest BCUT2D eigenvalue weighted by molar-refractivity contribution is -0.137. The van der Waals surface area contributed by atoms with Gasteiger partial charge in [0.25, 0.3) is 5.56 Å². The zero-order chi connectivity index (χ0) is 33.9. The Kier molecular flexibility index (Phi) is 11.6. The number of aromatic nitrogens is 1. The van der Waals surface area contributed by atoms with Gasteiger partial charge in [0.15, 0.2) is 5.78 Å². The summed E-state index contributed by atoms with van der Waals surface area (Å²) in [4.78, 5) is 41.7. The second-order valence-electron chi connectivity index (χ2n) is 13.0. The van der Waals surface area contributed by atoms with Crippen molar-refractivity contribution < 1.29 is 28.2 Å². The van der Waals surface area contributed by atoms with Crippen LogP contribution in [-0.2, 0) is 20.7 Å². The van der Waals surface area contributed by atoms with Gasteiger partial charge in [0.05, 0.1) is 23.6 Å². The molecule has 1 aliphatic rings. The summed E-state index contributed by atoms with van der Waals surface area (Å²) >= 11 is 6.35. The molecule has 1 unspecified atom stereocenters. The van der Waals surface area contributed by atoms with Crippen LogP contribution in [0.5, 0.6) is 0 Å². The molecule has 2 atom stereocenters. The fourth-order valence-electron chi connectivity index (χ4n) is 6.47. The number of Topliss-reactive ketones (excluding diaryl/α,β-unsaturated/α-hetero) is 1. The summed E-state index contributed by atoms with van der Waals surface area (Å²) in [5.41, 5.74) is 3.81. The van der Waals surface area contributed by atoms with Gasteiger partial charge >= 0.3 is 5.97 Å². The quantitative estimate of drug-likeness (QED) is 0.200. The topological polar surface area (TPSA) is 88.8 Å². The number of carboxylic acid groups (broad SMARTS) is 1. The number of rotatable bonds is 14. The molecule has 1 N–H and O–H groups in total. The minimum absolute atomic E-state index is 0.00877. The molecule has 0 spiro atoms. The summed E-state index contributed by atoms with van der Waals surface area (Å²) in [5, 5.41) is 9.59. The fraction of sp³-hybridized carbons (Fsp3) is 0.472. The number of ether oxygens (including phenoxy) is 1. The van der Waals surface area contributed by atoms with E-state index in [1.165, 1.54) is 34.9 Å².